The number of para-hydroxylation sites is 1. The molecular formula is C18H10N2O4. The Morgan fingerprint density at radius 3 is 2.17 bits per heavy atom. The Morgan fingerprint density at radius 2 is 1.54 bits per heavy atom. The highest BCUT2D eigenvalue weighted by Crippen LogP contribution is 2.32. The van der Waals surface area contributed by atoms with Gasteiger partial charge in [-0.15, -0.1) is 0 Å². The Kier molecular flexibility index (Phi) is 2.93. The molecule has 2 heterocycles. The fourth-order valence-corrected chi connectivity index (χ4v) is 2.84. The van der Waals surface area contributed by atoms with Gasteiger partial charge >= 0.3 is 5.97 Å². The Labute approximate surface area is 136 Å². The van der Waals surface area contributed by atoms with Crippen molar-refractivity contribution in [3.05, 3.63) is 71.4 Å². The van der Waals surface area contributed by atoms with Crippen LogP contribution in [-0.2, 0) is 0 Å². The number of carboxylic acids is 1. The molecule has 0 fully saturated rings. The molecule has 0 saturated carbocycles. The smallest absolute Gasteiger partial charge is 0.354 e. The number of benzene rings is 2. The highest BCUT2D eigenvalue weighted by Gasteiger charge is 2.37. The fraction of sp³-hybridized carbons (Fsp3) is 0. The zero-order chi connectivity index (χ0) is 16.8. The molecule has 1 aromatic heterocycles. The van der Waals surface area contributed by atoms with Gasteiger partial charge in [0.1, 0.15) is 5.69 Å². The Bertz CT molecular complexity index is 1010. The maximum Gasteiger partial charge on any atom is 0.354 e. The zero-order valence-electron chi connectivity index (χ0n) is 12.3. The summed E-state index contributed by atoms with van der Waals surface area (Å²) in [5.74, 6) is -2.05. The summed E-state index contributed by atoms with van der Waals surface area (Å²) >= 11 is 0. The van der Waals surface area contributed by atoms with E-state index in [4.69, 9.17) is 5.11 Å². The van der Waals surface area contributed by atoms with Gasteiger partial charge < -0.3 is 5.11 Å². The minimum atomic E-state index is -1.17. The summed E-state index contributed by atoms with van der Waals surface area (Å²) in [6.07, 6.45) is 0. The number of carbonyl (C=O) groups is 3. The third-order valence-electron chi connectivity index (χ3n) is 3.95. The van der Waals surface area contributed by atoms with Crippen LogP contribution in [0.4, 0.5) is 5.69 Å². The first-order chi connectivity index (χ1) is 11.6. The van der Waals surface area contributed by atoms with Crippen LogP contribution in [0, 0.1) is 0 Å². The van der Waals surface area contributed by atoms with Crippen molar-refractivity contribution in [2.45, 2.75) is 0 Å². The summed E-state index contributed by atoms with van der Waals surface area (Å²) in [5.41, 5.74) is 1.09. The van der Waals surface area contributed by atoms with Gasteiger partial charge in [-0.25, -0.2) is 14.7 Å². The van der Waals surface area contributed by atoms with E-state index in [-0.39, 0.29) is 11.4 Å². The van der Waals surface area contributed by atoms with Gasteiger partial charge in [0.25, 0.3) is 11.8 Å². The molecule has 1 aliphatic rings. The van der Waals surface area contributed by atoms with Gasteiger partial charge in [-0.3, -0.25) is 9.59 Å². The molecule has 0 aliphatic carbocycles. The normalized spacial score (nSPS) is 13.4. The number of hydrogen-bond acceptors (Lipinski definition) is 4. The molecule has 4 rings (SSSR count). The summed E-state index contributed by atoms with van der Waals surface area (Å²) in [6.45, 7) is 0. The minimum absolute atomic E-state index is 0.147. The monoisotopic (exact) mass is 318 g/mol. The summed E-state index contributed by atoms with van der Waals surface area (Å²) in [4.78, 5) is 41.6. The van der Waals surface area contributed by atoms with Gasteiger partial charge in [-0.2, -0.15) is 0 Å². The van der Waals surface area contributed by atoms with Crippen molar-refractivity contribution >= 4 is 34.4 Å². The first-order valence-corrected chi connectivity index (χ1v) is 7.19. The molecule has 0 saturated heterocycles. The van der Waals surface area contributed by atoms with Crippen molar-refractivity contribution in [2.24, 2.45) is 0 Å². The number of aromatic carboxylic acids is 1. The highest BCUT2D eigenvalue weighted by atomic mass is 16.4. The quantitative estimate of drug-likeness (QED) is 0.734. The summed E-state index contributed by atoms with van der Waals surface area (Å²) in [7, 11) is 0. The number of rotatable bonds is 2. The number of imide groups is 1. The van der Waals surface area contributed by atoms with E-state index in [1.165, 1.54) is 6.07 Å². The summed E-state index contributed by atoms with van der Waals surface area (Å²) < 4.78 is 0. The minimum Gasteiger partial charge on any atom is -0.477 e. The molecule has 1 aliphatic heterocycles. The van der Waals surface area contributed by atoms with Gasteiger partial charge in [-0.05, 0) is 24.3 Å². The van der Waals surface area contributed by atoms with Crippen molar-refractivity contribution in [2.75, 3.05) is 4.90 Å². The number of carboxylic acid groups (broad SMARTS) is 1. The molecule has 6 heteroatoms. The number of fused-ring (bicyclic) bond motifs is 2. The van der Waals surface area contributed by atoms with Crippen LogP contribution in [0.5, 0.6) is 0 Å². The molecule has 0 spiro atoms. The predicted octanol–water partition coefficient (Wildman–Crippen LogP) is 2.73. The lowest BCUT2D eigenvalue weighted by Gasteiger charge is -2.16. The van der Waals surface area contributed by atoms with Gasteiger partial charge in [-0.1, -0.05) is 30.3 Å². The molecule has 0 radical (unpaired) electrons. The van der Waals surface area contributed by atoms with Crippen LogP contribution in [0.25, 0.3) is 10.9 Å². The van der Waals surface area contributed by atoms with E-state index in [1.807, 2.05) is 0 Å². The standard InChI is InChI=1S/C18H10N2O4/c21-16-11-5-1-2-6-12(11)17(22)20(16)14-7-3-4-10-8-9-13(18(23)24)19-15(10)14/h1-9H,(H,23,24). The van der Waals surface area contributed by atoms with Crippen molar-refractivity contribution in [1.29, 1.82) is 0 Å². The van der Waals surface area contributed by atoms with Crippen molar-refractivity contribution in [1.82, 2.24) is 4.98 Å². The van der Waals surface area contributed by atoms with Gasteiger partial charge in [0.15, 0.2) is 0 Å². The maximum absolute atomic E-state index is 12.6. The average molecular weight is 318 g/mol. The van der Waals surface area contributed by atoms with Crippen LogP contribution < -0.4 is 4.90 Å². The first-order valence-electron chi connectivity index (χ1n) is 7.19. The fourth-order valence-electron chi connectivity index (χ4n) is 2.84. The number of nitrogens with zero attached hydrogens (tertiary/aromatic N) is 2. The van der Waals surface area contributed by atoms with E-state index < -0.39 is 17.8 Å². The van der Waals surface area contributed by atoms with Crippen LogP contribution in [0.2, 0.25) is 0 Å². The molecule has 2 aromatic carbocycles. The first kappa shape index (κ1) is 14.1. The van der Waals surface area contributed by atoms with Crippen molar-refractivity contribution < 1.29 is 19.5 Å². The van der Waals surface area contributed by atoms with Crippen LogP contribution in [-0.4, -0.2) is 27.9 Å². The zero-order valence-corrected chi connectivity index (χ0v) is 12.3. The van der Waals surface area contributed by atoms with E-state index in [0.29, 0.717) is 22.0 Å². The van der Waals surface area contributed by atoms with Crippen molar-refractivity contribution in [3.8, 4) is 0 Å². The van der Waals surface area contributed by atoms with E-state index in [0.717, 1.165) is 4.90 Å². The van der Waals surface area contributed by atoms with Gasteiger partial charge in [0.2, 0.25) is 0 Å². The molecule has 0 unspecified atom stereocenters. The molecule has 1 N–H and O–H groups in total. The van der Waals surface area contributed by atoms with E-state index in [1.54, 1.807) is 48.5 Å². The largest absolute Gasteiger partial charge is 0.477 e. The molecule has 2 amide bonds. The lowest BCUT2D eigenvalue weighted by atomic mass is 10.1. The molecule has 24 heavy (non-hydrogen) atoms. The lowest BCUT2D eigenvalue weighted by molar-refractivity contribution is 0.0690. The number of hydrogen-bond donors (Lipinski definition) is 1. The second-order valence-electron chi connectivity index (χ2n) is 5.34. The second-order valence-corrected chi connectivity index (χ2v) is 5.34. The lowest BCUT2D eigenvalue weighted by Crippen LogP contribution is -2.29. The third kappa shape index (κ3) is 1.90. The van der Waals surface area contributed by atoms with E-state index in [2.05, 4.69) is 4.98 Å². The topological polar surface area (TPSA) is 87.6 Å². The van der Waals surface area contributed by atoms with Crippen LogP contribution in [0.3, 0.4) is 0 Å². The SMILES string of the molecule is O=C(O)c1ccc2cccc(N3C(=O)c4ccccc4C3=O)c2n1. The molecule has 3 aromatic rings. The summed E-state index contributed by atoms with van der Waals surface area (Å²) in [5, 5.41) is 9.78. The van der Waals surface area contributed by atoms with Crippen LogP contribution >= 0.6 is 0 Å². The number of pyridine rings is 1. The number of carbonyl (C=O) groups excluding carboxylic acids is 2. The number of amides is 2. The van der Waals surface area contributed by atoms with Gasteiger partial charge in [0.05, 0.1) is 22.3 Å². The Morgan fingerprint density at radius 1 is 0.875 bits per heavy atom. The maximum atomic E-state index is 12.6. The van der Waals surface area contributed by atoms with Gasteiger partial charge in [0, 0.05) is 5.39 Å². The predicted molar refractivity (Wildman–Crippen MR) is 86.3 cm³/mol. The Hall–Kier alpha value is -3.54. The number of anilines is 1. The third-order valence-corrected chi connectivity index (χ3v) is 3.95. The Balaban J connectivity index is 1.95. The molecule has 0 atom stereocenters. The second kappa shape index (κ2) is 4.99. The molecule has 116 valence electrons. The highest BCUT2D eigenvalue weighted by molar-refractivity contribution is 6.35. The average Bonchev–Trinajstić information content (AvgIpc) is 2.85. The number of aromatic nitrogens is 1. The summed E-state index contributed by atoms with van der Waals surface area (Å²) in [6, 6.07) is 14.6. The van der Waals surface area contributed by atoms with E-state index in [9.17, 15) is 14.4 Å². The van der Waals surface area contributed by atoms with Crippen LogP contribution in [0.15, 0.2) is 54.6 Å². The molecule has 0 bridgehead atoms. The van der Waals surface area contributed by atoms with Crippen molar-refractivity contribution in [3.63, 3.8) is 0 Å². The molecular weight excluding hydrogens is 308 g/mol. The van der Waals surface area contributed by atoms with Crippen LogP contribution in [0.1, 0.15) is 31.2 Å². The van der Waals surface area contributed by atoms with E-state index >= 15 is 0 Å². The molecule has 6 nitrogen and oxygen atoms in total.